The summed E-state index contributed by atoms with van der Waals surface area (Å²) in [6.07, 6.45) is 0.638. The lowest BCUT2D eigenvalue weighted by Crippen LogP contribution is -2.40. The maximum absolute atomic E-state index is 12.1. The van der Waals surface area contributed by atoms with Crippen molar-refractivity contribution < 1.29 is 9.53 Å². The number of carbonyl (C=O) groups is 1. The molecule has 0 spiro atoms. The number of anilines is 1. The van der Waals surface area contributed by atoms with Crippen molar-refractivity contribution in [1.82, 2.24) is 4.90 Å². The quantitative estimate of drug-likeness (QED) is 0.846. The number of hydrogen-bond acceptors (Lipinski definition) is 3. The molecule has 1 amide bonds. The van der Waals surface area contributed by atoms with E-state index < -0.39 is 5.60 Å². The first-order chi connectivity index (χ1) is 8.90. The van der Waals surface area contributed by atoms with Crippen LogP contribution in [0.4, 0.5) is 10.5 Å². The Kier molecular flexibility index (Phi) is 3.69. The summed E-state index contributed by atoms with van der Waals surface area (Å²) < 4.78 is 5.42. The molecule has 1 N–H and O–H groups in total. The van der Waals surface area contributed by atoms with Crippen LogP contribution in [0.15, 0.2) is 18.2 Å². The van der Waals surface area contributed by atoms with Gasteiger partial charge in [-0.05, 0) is 44.4 Å². The molecule has 104 valence electrons. The third kappa shape index (κ3) is 3.19. The number of nitrogens with one attached hydrogen (secondary N) is 1. The molecule has 0 saturated carbocycles. The Labute approximate surface area is 114 Å². The minimum Gasteiger partial charge on any atom is -0.444 e. The third-order valence-corrected chi connectivity index (χ3v) is 3.19. The van der Waals surface area contributed by atoms with E-state index in [0.717, 1.165) is 12.1 Å². The second kappa shape index (κ2) is 5.11. The van der Waals surface area contributed by atoms with E-state index in [2.05, 4.69) is 17.4 Å². The van der Waals surface area contributed by atoms with Gasteiger partial charge in [-0.25, -0.2) is 4.79 Å². The predicted molar refractivity (Wildman–Crippen MR) is 76.3 cm³/mol. The number of hydrogen-bond donors (Lipinski definition) is 1. The first kappa shape index (κ1) is 13.7. The fourth-order valence-corrected chi connectivity index (χ4v) is 2.33. The molecule has 0 atom stereocenters. The maximum atomic E-state index is 12.1. The lowest BCUT2D eigenvalue weighted by atomic mass is 9.98. The first-order valence-corrected chi connectivity index (χ1v) is 6.67. The number of benzene rings is 1. The summed E-state index contributed by atoms with van der Waals surface area (Å²) in [5, 5.41) is 3.20. The number of amides is 1. The van der Waals surface area contributed by atoms with E-state index in [1.807, 2.05) is 33.9 Å². The lowest BCUT2D eigenvalue weighted by molar-refractivity contribution is 0.0224. The summed E-state index contributed by atoms with van der Waals surface area (Å²) in [5.74, 6) is 0. The molecular formula is C15H22N2O2. The first-order valence-electron chi connectivity index (χ1n) is 6.67. The summed E-state index contributed by atoms with van der Waals surface area (Å²) in [6, 6.07) is 6.16. The largest absolute Gasteiger partial charge is 0.444 e. The van der Waals surface area contributed by atoms with Gasteiger partial charge in [0, 0.05) is 25.8 Å². The van der Waals surface area contributed by atoms with Gasteiger partial charge in [-0.1, -0.05) is 12.1 Å². The van der Waals surface area contributed by atoms with E-state index in [9.17, 15) is 4.79 Å². The number of carbonyl (C=O) groups excluding carboxylic acids is 1. The SMILES string of the molecule is CNc1cccc2c1CCN(C(=O)OC(C)(C)C)C2. The predicted octanol–water partition coefficient (Wildman–Crippen LogP) is 3.02. The molecule has 0 unspecified atom stereocenters. The molecule has 19 heavy (non-hydrogen) atoms. The number of nitrogens with zero attached hydrogens (tertiary/aromatic N) is 1. The Balaban J connectivity index is 2.12. The topological polar surface area (TPSA) is 41.6 Å². The zero-order valence-electron chi connectivity index (χ0n) is 12.1. The maximum Gasteiger partial charge on any atom is 0.410 e. The van der Waals surface area contributed by atoms with Crippen molar-refractivity contribution in [2.45, 2.75) is 39.3 Å². The van der Waals surface area contributed by atoms with Gasteiger partial charge in [0.1, 0.15) is 5.60 Å². The van der Waals surface area contributed by atoms with E-state index >= 15 is 0 Å². The van der Waals surface area contributed by atoms with Crippen LogP contribution in [-0.2, 0) is 17.7 Å². The zero-order valence-corrected chi connectivity index (χ0v) is 12.1. The van der Waals surface area contributed by atoms with Crippen LogP contribution < -0.4 is 5.32 Å². The van der Waals surface area contributed by atoms with E-state index in [1.165, 1.54) is 11.1 Å². The Morgan fingerprint density at radius 2 is 2.11 bits per heavy atom. The summed E-state index contributed by atoms with van der Waals surface area (Å²) >= 11 is 0. The standard InChI is InChI=1S/C15H22N2O2/c1-15(2,3)19-14(18)17-9-8-12-11(10-17)6-5-7-13(12)16-4/h5-7,16H,8-10H2,1-4H3. The van der Waals surface area contributed by atoms with Gasteiger partial charge in [-0.2, -0.15) is 0 Å². The van der Waals surface area contributed by atoms with Gasteiger partial charge < -0.3 is 15.0 Å². The molecule has 1 aliphatic rings. The Morgan fingerprint density at radius 3 is 2.74 bits per heavy atom. The van der Waals surface area contributed by atoms with Crippen molar-refractivity contribution in [2.75, 3.05) is 18.9 Å². The summed E-state index contributed by atoms with van der Waals surface area (Å²) in [4.78, 5) is 13.8. The van der Waals surface area contributed by atoms with Crippen LogP contribution in [0.25, 0.3) is 0 Å². The van der Waals surface area contributed by atoms with Gasteiger partial charge in [0.05, 0.1) is 0 Å². The van der Waals surface area contributed by atoms with Crippen molar-refractivity contribution in [2.24, 2.45) is 0 Å². The lowest BCUT2D eigenvalue weighted by Gasteiger charge is -2.32. The van der Waals surface area contributed by atoms with Crippen LogP contribution in [0.5, 0.6) is 0 Å². The minimum atomic E-state index is -0.440. The molecule has 1 aliphatic heterocycles. The van der Waals surface area contributed by atoms with Crippen LogP contribution in [0.2, 0.25) is 0 Å². The van der Waals surface area contributed by atoms with E-state index in [0.29, 0.717) is 13.1 Å². The smallest absolute Gasteiger partial charge is 0.410 e. The molecule has 0 bridgehead atoms. The van der Waals surface area contributed by atoms with Crippen molar-refractivity contribution in [3.8, 4) is 0 Å². The number of fused-ring (bicyclic) bond motifs is 1. The number of rotatable bonds is 1. The van der Waals surface area contributed by atoms with Crippen LogP contribution in [0.3, 0.4) is 0 Å². The normalized spacial score (nSPS) is 14.8. The molecule has 4 nitrogen and oxygen atoms in total. The Hall–Kier alpha value is -1.71. The Bertz CT molecular complexity index is 478. The van der Waals surface area contributed by atoms with Gasteiger partial charge in [0.2, 0.25) is 0 Å². The highest BCUT2D eigenvalue weighted by molar-refractivity contribution is 5.69. The van der Waals surface area contributed by atoms with Crippen molar-refractivity contribution >= 4 is 11.8 Å². The van der Waals surface area contributed by atoms with E-state index in [4.69, 9.17) is 4.74 Å². The number of ether oxygens (including phenoxy) is 1. The average molecular weight is 262 g/mol. The van der Waals surface area contributed by atoms with Crippen LogP contribution in [-0.4, -0.2) is 30.2 Å². The van der Waals surface area contributed by atoms with Crippen molar-refractivity contribution in [3.63, 3.8) is 0 Å². The van der Waals surface area contributed by atoms with Crippen molar-refractivity contribution in [3.05, 3.63) is 29.3 Å². The molecule has 2 rings (SSSR count). The summed E-state index contributed by atoms with van der Waals surface area (Å²) in [7, 11) is 1.93. The molecule has 0 aliphatic carbocycles. The molecule has 1 aromatic rings. The molecule has 4 heteroatoms. The fourth-order valence-electron chi connectivity index (χ4n) is 2.33. The molecule has 1 aromatic carbocycles. The van der Waals surface area contributed by atoms with Gasteiger partial charge in [0.25, 0.3) is 0 Å². The average Bonchev–Trinajstić information content (AvgIpc) is 2.35. The fraction of sp³-hybridized carbons (Fsp3) is 0.533. The highest BCUT2D eigenvalue weighted by Gasteiger charge is 2.26. The van der Waals surface area contributed by atoms with Gasteiger partial charge in [-0.3, -0.25) is 0 Å². The molecule has 0 aromatic heterocycles. The van der Waals surface area contributed by atoms with E-state index in [-0.39, 0.29) is 6.09 Å². The minimum absolute atomic E-state index is 0.229. The van der Waals surface area contributed by atoms with E-state index in [1.54, 1.807) is 4.90 Å². The third-order valence-electron chi connectivity index (χ3n) is 3.19. The Morgan fingerprint density at radius 1 is 1.37 bits per heavy atom. The molecule has 0 radical (unpaired) electrons. The summed E-state index contributed by atoms with van der Waals surface area (Å²) in [6.45, 7) is 7.01. The highest BCUT2D eigenvalue weighted by Crippen LogP contribution is 2.26. The van der Waals surface area contributed by atoms with Crippen LogP contribution >= 0.6 is 0 Å². The van der Waals surface area contributed by atoms with Crippen LogP contribution in [0, 0.1) is 0 Å². The van der Waals surface area contributed by atoms with Gasteiger partial charge >= 0.3 is 6.09 Å². The van der Waals surface area contributed by atoms with Crippen molar-refractivity contribution in [1.29, 1.82) is 0 Å². The second-order valence-electron chi connectivity index (χ2n) is 5.85. The molecule has 1 heterocycles. The highest BCUT2D eigenvalue weighted by atomic mass is 16.6. The zero-order chi connectivity index (χ0) is 14.0. The van der Waals surface area contributed by atoms with Crippen LogP contribution in [0.1, 0.15) is 31.9 Å². The molecule has 0 saturated heterocycles. The van der Waals surface area contributed by atoms with Gasteiger partial charge in [0.15, 0.2) is 0 Å². The van der Waals surface area contributed by atoms with Gasteiger partial charge in [-0.15, -0.1) is 0 Å². The second-order valence-corrected chi connectivity index (χ2v) is 5.85. The molecule has 0 fully saturated rings. The summed E-state index contributed by atoms with van der Waals surface area (Å²) in [5.41, 5.74) is 3.22. The molecular weight excluding hydrogens is 240 g/mol. The monoisotopic (exact) mass is 262 g/mol.